The summed E-state index contributed by atoms with van der Waals surface area (Å²) in [7, 11) is 1.70. The maximum absolute atomic E-state index is 13.4. The number of carbonyl (C=O) groups is 1. The van der Waals surface area contributed by atoms with E-state index >= 15 is 0 Å². The summed E-state index contributed by atoms with van der Waals surface area (Å²) in [4.78, 5) is 13.0. The second kappa shape index (κ2) is 6.97. The molecule has 94 valence electrons. The summed E-state index contributed by atoms with van der Waals surface area (Å²) in [6.45, 7) is 0.489. The maximum atomic E-state index is 13.4. The van der Waals surface area contributed by atoms with E-state index in [9.17, 15) is 9.18 Å². The zero-order valence-electron chi connectivity index (χ0n) is 9.55. The fourth-order valence-electron chi connectivity index (χ4n) is 1.42. The van der Waals surface area contributed by atoms with Crippen LogP contribution in [0, 0.1) is 5.82 Å². The van der Waals surface area contributed by atoms with Crippen molar-refractivity contribution in [2.24, 2.45) is 0 Å². The molecule has 0 aliphatic carbocycles. The molecule has 0 spiro atoms. The molecule has 0 aliphatic heterocycles. The Bertz CT molecular complexity index is 400. The molecule has 17 heavy (non-hydrogen) atoms. The van der Waals surface area contributed by atoms with E-state index in [1.165, 1.54) is 6.07 Å². The minimum absolute atomic E-state index is 0.0181. The summed E-state index contributed by atoms with van der Waals surface area (Å²) in [5.74, 6) is 0.0517. The molecule has 0 saturated carbocycles. The van der Waals surface area contributed by atoms with Crippen LogP contribution in [0.25, 0.3) is 0 Å². The van der Waals surface area contributed by atoms with Gasteiger partial charge < -0.3 is 4.90 Å². The van der Waals surface area contributed by atoms with Gasteiger partial charge in [0.25, 0.3) is 0 Å². The lowest BCUT2D eigenvalue weighted by Crippen LogP contribution is -2.29. The van der Waals surface area contributed by atoms with Gasteiger partial charge in [0.2, 0.25) is 5.91 Å². The zero-order valence-corrected chi connectivity index (χ0v) is 11.9. The van der Waals surface area contributed by atoms with Crippen LogP contribution in [0.3, 0.4) is 0 Å². The van der Waals surface area contributed by atoms with Crippen LogP contribution in [0.2, 0.25) is 0 Å². The quantitative estimate of drug-likeness (QED) is 0.762. The third kappa shape index (κ3) is 4.64. The second-order valence-corrected chi connectivity index (χ2v) is 5.03. The SMILES string of the molecule is CN(CCc1cc(Br)ccc1F)C(=O)CCCl. The third-order valence-corrected chi connectivity index (χ3v) is 3.14. The number of amides is 1. The second-order valence-electron chi connectivity index (χ2n) is 3.74. The molecule has 0 saturated heterocycles. The number of hydrogen-bond donors (Lipinski definition) is 0. The summed E-state index contributed by atoms with van der Waals surface area (Å²) in [5, 5.41) is 0. The van der Waals surface area contributed by atoms with E-state index in [1.807, 2.05) is 0 Å². The number of rotatable bonds is 5. The average molecular weight is 323 g/mol. The molecule has 0 aromatic heterocycles. The molecular weight excluding hydrogens is 308 g/mol. The Kier molecular flexibility index (Phi) is 5.92. The van der Waals surface area contributed by atoms with Gasteiger partial charge in [-0.05, 0) is 30.2 Å². The lowest BCUT2D eigenvalue weighted by atomic mass is 10.1. The topological polar surface area (TPSA) is 20.3 Å². The monoisotopic (exact) mass is 321 g/mol. The highest BCUT2D eigenvalue weighted by Crippen LogP contribution is 2.16. The van der Waals surface area contributed by atoms with Crippen molar-refractivity contribution in [2.75, 3.05) is 19.5 Å². The highest BCUT2D eigenvalue weighted by atomic mass is 79.9. The summed E-state index contributed by atoms with van der Waals surface area (Å²) < 4.78 is 14.3. The first-order valence-electron chi connectivity index (χ1n) is 5.28. The first-order chi connectivity index (χ1) is 8.04. The van der Waals surface area contributed by atoms with Crippen LogP contribution in [-0.4, -0.2) is 30.3 Å². The molecule has 0 fully saturated rings. The summed E-state index contributed by atoms with van der Waals surface area (Å²) in [6, 6.07) is 4.80. The Balaban J connectivity index is 2.55. The predicted octanol–water partition coefficient (Wildman–Crippen LogP) is 3.22. The summed E-state index contributed by atoms with van der Waals surface area (Å²) in [5.41, 5.74) is 0.602. The summed E-state index contributed by atoms with van der Waals surface area (Å²) >= 11 is 8.78. The first kappa shape index (κ1) is 14.5. The molecular formula is C12H14BrClFNO. The Hall–Kier alpha value is -0.610. The maximum Gasteiger partial charge on any atom is 0.223 e. The minimum atomic E-state index is -0.244. The highest BCUT2D eigenvalue weighted by Gasteiger charge is 2.09. The standard InChI is InChI=1S/C12H14BrClFNO/c1-16(12(17)4-6-14)7-5-9-8-10(13)2-3-11(9)15/h2-3,8H,4-7H2,1H3. The summed E-state index contributed by atoms with van der Waals surface area (Å²) in [6.07, 6.45) is 0.814. The lowest BCUT2D eigenvalue weighted by molar-refractivity contribution is -0.129. The first-order valence-corrected chi connectivity index (χ1v) is 6.61. The van der Waals surface area contributed by atoms with Crippen LogP contribution in [-0.2, 0) is 11.2 Å². The van der Waals surface area contributed by atoms with Crippen LogP contribution in [0.5, 0.6) is 0 Å². The van der Waals surface area contributed by atoms with Crippen LogP contribution in [0.1, 0.15) is 12.0 Å². The van der Waals surface area contributed by atoms with Crippen molar-refractivity contribution in [3.63, 3.8) is 0 Å². The van der Waals surface area contributed by atoms with Gasteiger partial charge in [-0.3, -0.25) is 4.79 Å². The number of nitrogens with zero attached hydrogens (tertiary/aromatic N) is 1. The van der Waals surface area contributed by atoms with E-state index in [2.05, 4.69) is 15.9 Å². The van der Waals surface area contributed by atoms with Gasteiger partial charge in [0, 0.05) is 30.4 Å². The van der Waals surface area contributed by atoms with E-state index in [0.717, 1.165) is 4.47 Å². The van der Waals surface area contributed by atoms with Gasteiger partial charge in [0.05, 0.1) is 0 Å². The number of likely N-dealkylation sites (N-methyl/N-ethyl adjacent to an activating group) is 1. The van der Waals surface area contributed by atoms with Gasteiger partial charge in [-0.25, -0.2) is 4.39 Å². The molecule has 0 aliphatic rings. The smallest absolute Gasteiger partial charge is 0.223 e. The number of halogens is 3. The molecule has 5 heteroatoms. The molecule has 0 unspecified atom stereocenters. The Morgan fingerprint density at radius 1 is 1.53 bits per heavy atom. The molecule has 1 rings (SSSR count). The predicted molar refractivity (Wildman–Crippen MR) is 70.8 cm³/mol. The molecule has 0 radical (unpaired) electrons. The van der Waals surface area contributed by atoms with Gasteiger partial charge in [0.15, 0.2) is 0 Å². The van der Waals surface area contributed by atoms with E-state index in [4.69, 9.17) is 11.6 Å². The van der Waals surface area contributed by atoms with Gasteiger partial charge in [-0.15, -0.1) is 11.6 Å². The van der Waals surface area contributed by atoms with Crippen molar-refractivity contribution < 1.29 is 9.18 Å². The van der Waals surface area contributed by atoms with E-state index in [-0.39, 0.29) is 11.7 Å². The molecule has 1 amide bonds. The van der Waals surface area contributed by atoms with Crippen LogP contribution in [0.15, 0.2) is 22.7 Å². The van der Waals surface area contributed by atoms with Crippen molar-refractivity contribution in [2.45, 2.75) is 12.8 Å². The zero-order chi connectivity index (χ0) is 12.8. The molecule has 2 nitrogen and oxygen atoms in total. The van der Waals surface area contributed by atoms with Crippen molar-refractivity contribution >= 4 is 33.4 Å². The third-order valence-electron chi connectivity index (χ3n) is 2.46. The van der Waals surface area contributed by atoms with Gasteiger partial charge in [0.1, 0.15) is 5.82 Å². The van der Waals surface area contributed by atoms with Crippen LogP contribution >= 0.6 is 27.5 Å². The average Bonchev–Trinajstić information content (AvgIpc) is 2.30. The highest BCUT2D eigenvalue weighted by molar-refractivity contribution is 9.10. The minimum Gasteiger partial charge on any atom is -0.345 e. The van der Waals surface area contributed by atoms with Crippen molar-refractivity contribution in [1.82, 2.24) is 4.90 Å². The Morgan fingerprint density at radius 2 is 2.24 bits per heavy atom. The largest absolute Gasteiger partial charge is 0.345 e. The normalized spacial score (nSPS) is 10.4. The van der Waals surface area contributed by atoms with Gasteiger partial charge in [-0.1, -0.05) is 15.9 Å². The molecule has 1 aromatic rings. The Morgan fingerprint density at radius 3 is 2.88 bits per heavy atom. The van der Waals surface area contributed by atoms with Crippen molar-refractivity contribution in [1.29, 1.82) is 0 Å². The van der Waals surface area contributed by atoms with Crippen molar-refractivity contribution in [3.8, 4) is 0 Å². The number of hydrogen-bond acceptors (Lipinski definition) is 1. The lowest BCUT2D eigenvalue weighted by Gasteiger charge is -2.16. The van der Waals surface area contributed by atoms with E-state index < -0.39 is 0 Å². The molecule has 0 bridgehead atoms. The van der Waals surface area contributed by atoms with Crippen molar-refractivity contribution in [3.05, 3.63) is 34.1 Å². The fraction of sp³-hybridized carbons (Fsp3) is 0.417. The molecule has 1 aromatic carbocycles. The van der Waals surface area contributed by atoms with Gasteiger partial charge >= 0.3 is 0 Å². The Labute approximate surface area is 114 Å². The molecule has 0 N–H and O–H groups in total. The number of alkyl halides is 1. The van der Waals surface area contributed by atoms with E-state index in [0.29, 0.717) is 30.8 Å². The van der Waals surface area contributed by atoms with Crippen LogP contribution in [0.4, 0.5) is 4.39 Å². The molecule has 0 atom stereocenters. The van der Waals surface area contributed by atoms with E-state index in [1.54, 1.807) is 24.1 Å². The van der Waals surface area contributed by atoms with Gasteiger partial charge in [-0.2, -0.15) is 0 Å². The fourth-order valence-corrected chi connectivity index (χ4v) is 1.99. The van der Waals surface area contributed by atoms with Crippen LogP contribution < -0.4 is 0 Å². The number of benzene rings is 1. The number of carbonyl (C=O) groups excluding carboxylic acids is 1. The molecule has 0 heterocycles.